The van der Waals surface area contributed by atoms with E-state index in [1.165, 1.54) is 5.56 Å². The van der Waals surface area contributed by atoms with Crippen LogP contribution in [0, 0.1) is 6.92 Å². The second-order valence-electron chi connectivity index (χ2n) is 6.67. The summed E-state index contributed by atoms with van der Waals surface area (Å²) in [5.74, 6) is 0.839. The normalized spacial score (nSPS) is 15.6. The highest BCUT2D eigenvalue weighted by molar-refractivity contribution is 5.95. The van der Waals surface area contributed by atoms with Gasteiger partial charge in [0.25, 0.3) is 0 Å². The Morgan fingerprint density at radius 1 is 1.19 bits per heavy atom. The molecule has 7 nitrogen and oxygen atoms in total. The fraction of sp³-hybridized carbons (Fsp3) is 0.316. The number of amides is 1. The standard InChI is InChI=1S/C19H21N5O2/c1-14-3-5-15(6-4-14)18-9-17(26-21-18)12-23-7-8-24(19(25)13-23)16-10-20-22(2)11-16/h3-6,9-11H,7-8,12-13H2,1-2H3. The molecule has 3 aromatic rings. The average molecular weight is 351 g/mol. The molecule has 3 heterocycles. The van der Waals surface area contributed by atoms with Crippen molar-refractivity contribution in [2.75, 3.05) is 24.5 Å². The molecule has 0 aliphatic carbocycles. The van der Waals surface area contributed by atoms with Crippen molar-refractivity contribution in [2.24, 2.45) is 7.05 Å². The first-order valence-corrected chi connectivity index (χ1v) is 8.62. The van der Waals surface area contributed by atoms with Crippen molar-refractivity contribution in [2.45, 2.75) is 13.5 Å². The minimum absolute atomic E-state index is 0.0718. The third-order valence-electron chi connectivity index (χ3n) is 4.59. The van der Waals surface area contributed by atoms with Crippen LogP contribution in [0.2, 0.25) is 0 Å². The number of piperazine rings is 1. The van der Waals surface area contributed by atoms with Crippen molar-refractivity contribution >= 4 is 11.6 Å². The van der Waals surface area contributed by atoms with Crippen molar-refractivity contribution in [1.82, 2.24) is 19.8 Å². The fourth-order valence-corrected chi connectivity index (χ4v) is 3.15. The number of carbonyl (C=O) groups excluding carboxylic acids is 1. The maximum atomic E-state index is 12.5. The number of aryl methyl sites for hydroxylation is 2. The summed E-state index contributed by atoms with van der Waals surface area (Å²) in [5, 5.41) is 8.29. The van der Waals surface area contributed by atoms with Gasteiger partial charge in [-0.1, -0.05) is 35.0 Å². The van der Waals surface area contributed by atoms with Crippen molar-refractivity contribution < 1.29 is 9.32 Å². The van der Waals surface area contributed by atoms with Gasteiger partial charge in [0.2, 0.25) is 5.91 Å². The SMILES string of the molecule is Cc1ccc(-c2cc(CN3CCN(c4cnn(C)c4)C(=O)C3)on2)cc1. The molecule has 4 rings (SSSR count). The topological polar surface area (TPSA) is 67.4 Å². The van der Waals surface area contributed by atoms with Crippen LogP contribution in [0.3, 0.4) is 0 Å². The van der Waals surface area contributed by atoms with E-state index in [-0.39, 0.29) is 5.91 Å². The molecular formula is C19H21N5O2. The van der Waals surface area contributed by atoms with Gasteiger partial charge in [0.15, 0.2) is 5.76 Å². The molecule has 0 saturated carbocycles. The van der Waals surface area contributed by atoms with E-state index in [1.807, 2.05) is 31.4 Å². The van der Waals surface area contributed by atoms with Crippen LogP contribution in [0.5, 0.6) is 0 Å². The van der Waals surface area contributed by atoms with Gasteiger partial charge in [-0.3, -0.25) is 14.4 Å². The maximum Gasteiger partial charge on any atom is 0.241 e. The predicted octanol–water partition coefficient (Wildman–Crippen LogP) is 2.23. The van der Waals surface area contributed by atoms with Crippen molar-refractivity contribution in [3.63, 3.8) is 0 Å². The highest BCUT2D eigenvalue weighted by Gasteiger charge is 2.26. The first-order chi connectivity index (χ1) is 12.6. The molecule has 1 aliphatic rings. The molecule has 0 N–H and O–H groups in total. The van der Waals surface area contributed by atoms with Gasteiger partial charge in [0, 0.05) is 38.0 Å². The zero-order valence-electron chi connectivity index (χ0n) is 14.9. The Bertz CT molecular complexity index is 912. The molecule has 1 aromatic carbocycles. The molecule has 0 unspecified atom stereocenters. The highest BCUT2D eigenvalue weighted by Crippen LogP contribution is 2.22. The van der Waals surface area contributed by atoms with Crippen molar-refractivity contribution in [3.8, 4) is 11.3 Å². The summed E-state index contributed by atoms with van der Waals surface area (Å²) in [6.07, 6.45) is 3.58. The molecule has 1 amide bonds. The highest BCUT2D eigenvalue weighted by atomic mass is 16.5. The molecule has 0 spiro atoms. The van der Waals surface area contributed by atoms with E-state index in [0.717, 1.165) is 29.2 Å². The van der Waals surface area contributed by atoms with E-state index in [4.69, 9.17) is 4.52 Å². The lowest BCUT2D eigenvalue weighted by molar-refractivity contribution is -0.121. The van der Waals surface area contributed by atoms with Gasteiger partial charge < -0.3 is 9.42 Å². The minimum atomic E-state index is 0.0718. The number of hydrogen-bond donors (Lipinski definition) is 0. The molecular weight excluding hydrogens is 330 g/mol. The molecule has 0 atom stereocenters. The lowest BCUT2D eigenvalue weighted by atomic mass is 10.1. The summed E-state index contributed by atoms with van der Waals surface area (Å²) in [6, 6.07) is 10.1. The first-order valence-electron chi connectivity index (χ1n) is 8.62. The zero-order valence-corrected chi connectivity index (χ0v) is 14.9. The molecule has 0 radical (unpaired) electrons. The van der Waals surface area contributed by atoms with Gasteiger partial charge in [-0.15, -0.1) is 0 Å². The van der Waals surface area contributed by atoms with E-state index < -0.39 is 0 Å². The van der Waals surface area contributed by atoms with Crippen LogP contribution in [-0.4, -0.2) is 45.4 Å². The molecule has 134 valence electrons. The van der Waals surface area contributed by atoms with Crippen LogP contribution in [0.15, 0.2) is 47.2 Å². The number of anilines is 1. The third-order valence-corrected chi connectivity index (χ3v) is 4.59. The summed E-state index contributed by atoms with van der Waals surface area (Å²) < 4.78 is 7.18. The van der Waals surface area contributed by atoms with Gasteiger partial charge in [-0.2, -0.15) is 5.10 Å². The summed E-state index contributed by atoms with van der Waals surface area (Å²) in [4.78, 5) is 16.3. The van der Waals surface area contributed by atoms with Crippen LogP contribution >= 0.6 is 0 Å². The Hall–Kier alpha value is -2.93. The molecule has 26 heavy (non-hydrogen) atoms. The Morgan fingerprint density at radius 3 is 2.69 bits per heavy atom. The molecule has 1 fully saturated rings. The number of carbonyl (C=O) groups is 1. The average Bonchev–Trinajstić information content (AvgIpc) is 3.25. The van der Waals surface area contributed by atoms with Gasteiger partial charge in [-0.25, -0.2) is 0 Å². The van der Waals surface area contributed by atoms with E-state index in [0.29, 0.717) is 19.6 Å². The second-order valence-corrected chi connectivity index (χ2v) is 6.67. The number of nitrogens with zero attached hydrogens (tertiary/aromatic N) is 5. The van der Waals surface area contributed by atoms with Crippen LogP contribution in [-0.2, 0) is 18.4 Å². The summed E-state index contributed by atoms with van der Waals surface area (Å²) >= 11 is 0. The predicted molar refractivity (Wildman–Crippen MR) is 97.5 cm³/mol. The van der Waals surface area contributed by atoms with E-state index in [1.54, 1.807) is 15.8 Å². The van der Waals surface area contributed by atoms with Gasteiger partial charge in [0.05, 0.1) is 25.0 Å². The van der Waals surface area contributed by atoms with E-state index in [9.17, 15) is 4.79 Å². The van der Waals surface area contributed by atoms with Crippen LogP contribution in [0.4, 0.5) is 5.69 Å². The third kappa shape index (κ3) is 3.39. The van der Waals surface area contributed by atoms with Crippen molar-refractivity contribution in [1.29, 1.82) is 0 Å². The lowest BCUT2D eigenvalue weighted by Crippen LogP contribution is -2.50. The van der Waals surface area contributed by atoms with Gasteiger partial charge >= 0.3 is 0 Å². The molecule has 1 aliphatic heterocycles. The van der Waals surface area contributed by atoms with Crippen molar-refractivity contribution in [3.05, 3.63) is 54.0 Å². The first kappa shape index (κ1) is 16.5. The lowest BCUT2D eigenvalue weighted by Gasteiger charge is -2.32. The quantitative estimate of drug-likeness (QED) is 0.721. The van der Waals surface area contributed by atoms with E-state index >= 15 is 0 Å². The number of aromatic nitrogens is 3. The number of rotatable bonds is 4. The fourth-order valence-electron chi connectivity index (χ4n) is 3.15. The number of benzene rings is 1. The zero-order chi connectivity index (χ0) is 18.1. The second kappa shape index (κ2) is 6.76. The summed E-state index contributed by atoms with van der Waals surface area (Å²) in [7, 11) is 1.85. The summed E-state index contributed by atoms with van der Waals surface area (Å²) in [6.45, 7) is 4.41. The Kier molecular flexibility index (Phi) is 4.30. The Morgan fingerprint density at radius 2 is 2.00 bits per heavy atom. The van der Waals surface area contributed by atoms with Crippen LogP contribution in [0.1, 0.15) is 11.3 Å². The minimum Gasteiger partial charge on any atom is -0.359 e. The summed E-state index contributed by atoms with van der Waals surface area (Å²) in [5.41, 5.74) is 3.91. The molecule has 2 aromatic heterocycles. The largest absolute Gasteiger partial charge is 0.359 e. The Labute approximate surface area is 151 Å². The molecule has 0 bridgehead atoms. The van der Waals surface area contributed by atoms with Crippen LogP contribution < -0.4 is 4.90 Å². The van der Waals surface area contributed by atoms with E-state index in [2.05, 4.69) is 34.2 Å². The maximum absolute atomic E-state index is 12.5. The molecule has 7 heteroatoms. The number of hydrogen-bond acceptors (Lipinski definition) is 5. The monoisotopic (exact) mass is 351 g/mol. The van der Waals surface area contributed by atoms with Gasteiger partial charge in [-0.05, 0) is 6.92 Å². The Balaban J connectivity index is 1.40. The molecule has 1 saturated heterocycles. The smallest absolute Gasteiger partial charge is 0.241 e. The van der Waals surface area contributed by atoms with Crippen LogP contribution in [0.25, 0.3) is 11.3 Å². The van der Waals surface area contributed by atoms with Gasteiger partial charge in [0.1, 0.15) is 5.69 Å².